The minimum absolute atomic E-state index is 1.07. The quantitative estimate of drug-likeness (QED) is 0.712. The van der Waals surface area contributed by atoms with Crippen molar-refractivity contribution in [2.75, 3.05) is 19.6 Å². The summed E-state index contributed by atoms with van der Waals surface area (Å²) >= 11 is 0. The smallest absolute Gasteiger partial charge is 0.0190 e. The topological polar surface area (TPSA) is 3.24 Å². The normalized spacial score (nSPS) is 18.3. The summed E-state index contributed by atoms with van der Waals surface area (Å²) in [4.78, 5) is 2.58. The minimum atomic E-state index is 1.07. The molecule has 1 fully saturated rings. The van der Waals surface area contributed by atoms with E-state index in [-0.39, 0.29) is 0 Å². The third-order valence-corrected chi connectivity index (χ3v) is 3.45. The molecular formula is C16H23N. The van der Waals surface area contributed by atoms with Crippen molar-refractivity contribution in [3.63, 3.8) is 0 Å². The third-order valence-electron chi connectivity index (χ3n) is 3.45. The molecule has 1 heterocycles. The minimum Gasteiger partial charge on any atom is -0.299 e. The van der Waals surface area contributed by atoms with Gasteiger partial charge in [0.2, 0.25) is 0 Å². The fourth-order valence-electron chi connectivity index (χ4n) is 2.44. The maximum atomic E-state index is 2.58. The molecule has 0 bridgehead atoms. The first kappa shape index (κ1) is 12.4. The summed E-state index contributed by atoms with van der Waals surface area (Å²) in [6.45, 7) is 6.00. The van der Waals surface area contributed by atoms with Crippen molar-refractivity contribution in [1.82, 2.24) is 4.90 Å². The van der Waals surface area contributed by atoms with Gasteiger partial charge in [-0.3, -0.25) is 4.90 Å². The van der Waals surface area contributed by atoms with Crippen molar-refractivity contribution in [2.45, 2.75) is 32.6 Å². The lowest BCUT2D eigenvalue weighted by molar-refractivity contribution is 0.246. The van der Waals surface area contributed by atoms with Gasteiger partial charge in [0.05, 0.1) is 0 Å². The summed E-state index contributed by atoms with van der Waals surface area (Å²) in [5, 5.41) is 0. The largest absolute Gasteiger partial charge is 0.299 e. The molecule has 0 unspecified atom stereocenters. The third kappa shape index (κ3) is 4.35. The number of hydrogen-bond donors (Lipinski definition) is 0. The summed E-state index contributed by atoms with van der Waals surface area (Å²) in [5.74, 6) is 0. The highest BCUT2D eigenvalue weighted by Crippen LogP contribution is 2.11. The molecule has 0 aliphatic carbocycles. The van der Waals surface area contributed by atoms with E-state index in [2.05, 4.69) is 48.2 Å². The van der Waals surface area contributed by atoms with Gasteiger partial charge in [0, 0.05) is 6.54 Å². The molecule has 1 saturated heterocycles. The fourth-order valence-corrected chi connectivity index (χ4v) is 2.44. The number of piperidine rings is 1. The van der Waals surface area contributed by atoms with Crippen LogP contribution in [0.5, 0.6) is 0 Å². The molecule has 1 aliphatic rings. The van der Waals surface area contributed by atoms with E-state index < -0.39 is 0 Å². The SMILES string of the molecule is C/C(=C\Cc1ccccc1)CN1CCCCC1. The predicted octanol–water partition coefficient (Wildman–Crippen LogP) is 3.66. The number of benzene rings is 1. The Morgan fingerprint density at radius 3 is 2.53 bits per heavy atom. The van der Waals surface area contributed by atoms with E-state index in [9.17, 15) is 0 Å². The van der Waals surface area contributed by atoms with Crippen LogP contribution in [0.1, 0.15) is 31.7 Å². The van der Waals surface area contributed by atoms with Gasteiger partial charge < -0.3 is 0 Å². The van der Waals surface area contributed by atoms with E-state index in [4.69, 9.17) is 0 Å². The van der Waals surface area contributed by atoms with Gasteiger partial charge in [0.15, 0.2) is 0 Å². The molecule has 0 radical (unpaired) electrons. The van der Waals surface area contributed by atoms with E-state index in [0.717, 1.165) is 13.0 Å². The molecule has 2 rings (SSSR count). The lowest BCUT2D eigenvalue weighted by Gasteiger charge is -2.26. The van der Waals surface area contributed by atoms with Gasteiger partial charge >= 0.3 is 0 Å². The number of hydrogen-bond acceptors (Lipinski definition) is 1. The van der Waals surface area contributed by atoms with Crippen LogP contribution >= 0.6 is 0 Å². The number of allylic oxidation sites excluding steroid dienone is 1. The van der Waals surface area contributed by atoms with Crippen LogP contribution in [0.15, 0.2) is 42.0 Å². The monoisotopic (exact) mass is 229 g/mol. The Morgan fingerprint density at radius 2 is 1.82 bits per heavy atom. The summed E-state index contributed by atoms with van der Waals surface area (Å²) in [6.07, 6.45) is 7.63. The summed E-state index contributed by atoms with van der Waals surface area (Å²) in [5.41, 5.74) is 2.92. The van der Waals surface area contributed by atoms with Crippen LogP contribution in [0.4, 0.5) is 0 Å². The second kappa shape index (κ2) is 6.61. The maximum Gasteiger partial charge on any atom is 0.0190 e. The van der Waals surface area contributed by atoms with Crippen LogP contribution in [-0.4, -0.2) is 24.5 Å². The highest BCUT2D eigenvalue weighted by atomic mass is 15.1. The predicted molar refractivity (Wildman–Crippen MR) is 74.2 cm³/mol. The molecule has 1 heteroatoms. The van der Waals surface area contributed by atoms with Crippen LogP contribution in [0.2, 0.25) is 0 Å². The van der Waals surface area contributed by atoms with Crippen LogP contribution in [0.3, 0.4) is 0 Å². The maximum absolute atomic E-state index is 2.58. The standard InChI is InChI=1S/C16H23N/c1-15(14-17-12-6-3-7-13-17)10-11-16-8-4-2-5-9-16/h2,4-5,8-10H,3,6-7,11-14H2,1H3/b15-10+. The molecule has 0 saturated carbocycles. The van der Waals surface area contributed by atoms with E-state index in [0.29, 0.717) is 0 Å². The highest BCUT2D eigenvalue weighted by molar-refractivity contribution is 5.19. The summed E-state index contributed by atoms with van der Waals surface area (Å²) < 4.78 is 0. The molecule has 1 aromatic rings. The van der Waals surface area contributed by atoms with Crippen molar-refractivity contribution in [1.29, 1.82) is 0 Å². The molecule has 1 aliphatic heterocycles. The molecule has 17 heavy (non-hydrogen) atoms. The Kier molecular flexibility index (Phi) is 4.81. The summed E-state index contributed by atoms with van der Waals surface area (Å²) in [6, 6.07) is 10.7. The molecule has 1 aromatic carbocycles. The first-order valence-corrected chi connectivity index (χ1v) is 6.76. The fraction of sp³-hybridized carbons (Fsp3) is 0.500. The zero-order valence-corrected chi connectivity index (χ0v) is 10.9. The highest BCUT2D eigenvalue weighted by Gasteiger charge is 2.09. The zero-order chi connectivity index (χ0) is 11.9. The first-order chi connectivity index (χ1) is 8.34. The molecule has 0 amide bonds. The number of likely N-dealkylation sites (tertiary alicyclic amines) is 1. The number of nitrogens with zero attached hydrogens (tertiary/aromatic N) is 1. The second-order valence-corrected chi connectivity index (χ2v) is 5.08. The Labute approximate surface area is 105 Å². The van der Waals surface area contributed by atoms with Crippen molar-refractivity contribution >= 4 is 0 Å². The number of rotatable bonds is 4. The lowest BCUT2D eigenvalue weighted by Crippen LogP contribution is -2.31. The van der Waals surface area contributed by atoms with E-state index in [1.165, 1.54) is 43.5 Å². The van der Waals surface area contributed by atoms with Gasteiger partial charge in [-0.1, -0.05) is 48.4 Å². The van der Waals surface area contributed by atoms with Crippen LogP contribution in [0, 0.1) is 0 Å². The molecular weight excluding hydrogens is 206 g/mol. The second-order valence-electron chi connectivity index (χ2n) is 5.08. The van der Waals surface area contributed by atoms with Crippen molar-refractivity contribution in [3.8, 4) is 0 Å². The zero-order valence-electron chi connectivity index (χ0n) is 10.9. The molecule has 1 nitrogen and oxygen atoms in total. The average molecular weight is 229 g/mol. The molecule has 0 N–H and O–H groups in total. The Balaban J connectivity index is 1.80. The van der Waals surface area contributed by atoms with E-state index >= 15 is 0 Å². The lowest BCUT2D eigenvalue weighted by atomic mass is 10.1. The first-order valence-electron chi connectivity index (χ1n) is 6.76. The van der Waals surface area contributed by atoms with Gasteiger partial charge in [0.25, 0.3) is 0 Å². The van der Waals surface area contributed by atoms with Gasteiger partial charge in [-0.05, 0) is 44.8 Å². The molecule has 0 spiro atoms. The van der Waals surface area contributed by atoms with Crippen molar-refractivity contribution in [2.24, 2.45) is 0 Å². The van der Waals surface area contributed by atoms with E-state index in [1.807, 2.05) is 0 Å². The Hall–Kier alpha value is -1.08. The van der Waals surface area contributed by atoms with E-state index in [1.54, 1.807) is 0 Å². The Bertz CT molecular complexity index is 347. The van der Waals surface area contributed by atoms with Crippen LogP contribution < -0.4 is 0 Å². The van der Waals surface area contributed by atoms with Gasteiger partial charge in [0.1, 0.15) is 0 Å². The van der Waals surface area contributed by atoms with Crippen LogP contribution in [0.25, 0.3) is 0 Å². The molecule has 0 atom stereocenters. The summed E-state index contributed by atoms with van der Waals surface area (Å²) in [7, 11) is 0. The van der Waals surface area contributed by atoms with Gasteiger partial charge in [-0.2, -0.15) is 0 Å². The molecule has 0 aromatic heterocycles. The van der Waals surface area contributed by atoms with Gasteiger partial charge in [-0.15, -0.1) is 0 Å². The molecule has 92 valence electrons. The van der Waals surface area contributed by atoms with Crippen LogP contribution in [-0.2, 0) is 6.42 Å². The van der Waals surface area contributed by atoms with Crippen molar-refractivity contribution in [3.05, 3.63) is 47.5 Å². The average Bonchev–Trinajstić information content (AvgIpc) is 2.39. The van der Waals surface area contributed by atoms with Gasteiger partial charge in [-0.25, -0.2) is 0 Å². The Morgan fingerprint density at radius 1 is 1.12 bits per heavy atom. The van der Waals surface area contributed by atoms with Crippen molar-refractivity contribution < 1.29 is 0 Å².